The number of methoxy groups -OCH3 is 1. The van der Waals surface area contributed by atoms with Crippen molar-refractivity contribution in [1.82, 2.24) is 14.8 Å². The predicted octanol–water partition coefficient (Wildman–Crippen LogP) is 5.14. The molecule has 10 heteroatoms. The molecule has 0 radical (unpaired) electrons. The Kier molecular flexibility index (Phi) is 7.17. The summed E-state index contributed by atoms with van der Waals surface area (Å²) in [5, 5.41) is 20.8. The van der Waals surface area contributed by atoms with Gasteiger partial charge in [-0.25, -0.2) is 0 Å². The van der Waals surface area contributed by atoms with Gasteiger partial charge in [0.2, 0.25) is 17.7 Å². The molecular weight excluding hydrogens is 482 g/mol. The van der Waals surface area contributed by atoms with Gasteiger partial charge in [0.1, 0.15) is 5.75 Å². The van der Waals surface area contributed by atoms with Crippen molar-refractivity contribution in [3.63, 3.8) is 0 Å². The topological polar surface area (TPSA) is 123 Å². The molecule has 0 atom stereocenters. The number of benzene rings is 2. The number of aromatic nitrogens is 3. The number of nitrogens with zero attached hydrogens (tertiary/aromatic N) is 4. The number of carbonyl (C=O) groups excluding carboxylic acids is 1. The van der Waals surface area contributed by atoms with E-state index in [4.69, 9.17) is 20.8 Å². The van der Waals surface area contributed by atoms with Crippen molar-refractivity contribution in [1.29, 1.82) is 5.26 Å². The van der Waals surface area contributed by atoms with Crippen LogP contribution in [0.3, 0.4) is 0 Å². The Morgan fingerprint density at radius 1 is 1.19 bits per heavy atom. The Bertz CT molecular complexity index is 1550. The first-order valence-corrected chi connectivity index (χ1v) is 11.5. The summed E-state index contributed by atoms with van der Waals surface area (Å²) in [5.74, 6) is 0.812. The normalized spacial score (nSPS) is 10.6. The smallest absolute Gasteiger partial charge is 0.256 e. The summed E-state index contributed by atoms with van der Waals surface area (Å²) in [6, 6.07) is 13.4. The van der Waals surface area contributed by atoms with Gasteiger partial charge in [-0.15, -0.1) is 10.2 Å². The van der Waals surface area contributed by atoms with Crippen LogP contribution in [0.25, 0.3) is 28.3 Å². The maximum atomic E-state index is 13.4. The Hall–Kier alpha value is -4.42. The van der Waals surface area contributed by atoms with Crippen LogP contribution >= 0.6 is 11.6 Å². The first-order valence-electron chi connectivity index (χ1n) is 11.1. The highest BCUT2D eigenvalue weighted by Crippen LogP contribution is 2.34. The van der Waals surface area contributed by atoms with Crippen molar-refractivity contribution in [2.45, 2.75) is 26.7 Å². The zero-order valence-electron chi connectivity index (χ0n) is 19.8. The molecule has 0 bridgehead atoms. The molecule has 182 valence electrons. The predicted molar refractivity (Wildman–Crippen MR) is 135 cm³/mol. The Morgan fingerprint density at radius 2 is 2.00 bits per heavy atom. The first kappa shape index (κ1) is 24.7. The monoisotopic (exact) mass is 503 g/mol. The zero-order valence-corrected chi connectivity index (χ0v) is 20.6. The van der Waals surface area contributed by atoms with E-state index < -0.39 is 5.56 Å². The van der Waals surface area contributed by atoms with E-state index in [0.717, 1.165) is 0 Å². The van der Waals surface area contributed by atoms with Crippen LogP contribution in [0.5, 0.6) is 5.75 Å². The third kappa shape index (κ3) is 4.99. The van der Waals surface area contributed by atoms with Gasteiger partial charge in [-0.05, 0) is 42.8 Å². The third-order valence-corrected chi connectivity index (χ3v) is 5.65. The molecule has 4 aromatic rings. The van der Waals surface area contributed by atoms with Gasteiger partial charge < -0.3 is 14.5 Å². The van der Waals surface area contributed by atoms with Crippen molar-refractivity contribution in [2.75, 3.05) is 12.4 Å². The van der Waals surface area contributed by atoms with Crippen LogP contribution < -0.4 is 15.6 Å². The summed E-state index contributed by atoms with van der Waals surface area (Å²) in [6.45, 7) is 3.58. The second-order valence-corrected chi connectivity index (χ2v) is 8.36. The Morgan fingerprint density at radius 3 is 2.67 bits per heavy atom. The summed E-state index contributed by atoms with van der Waals surface area (Å²) < 4.78 is 12.5. The number of amides is 1. The van der Waals surface area contributed by atoms with Crippen LogP contribution in [-0.2, 0) is 4.79 Å². The lowest BCUT2D eigenvalue weighted by atomic mass is 10.0. The summed E-state index contributed by atoms with van der Waals surface area (Å²) in [7, 11) is 1.46. The number of carbonyl (C=O) groups is 1. The van der Waals surface area contributed by atoms with E-state index >= 15 is 0 Å². The number of hydrogen-bond acceptors (Lipinski definition) is 7. The van der Waals surface area contributed by atoms with Gasteiger partial charge in [0.25, 0.3) is 5.56 Å². The fourth-order valence-electron chi connectivity index (χ4n) is 3.74. The third-order valence-electron chi connectivity index (χ3n) is 5.41. The molecule has 0 aliphatic heterocycles. The number of pyridine rings is 1. The van der Waals surface area contributed by atoms with E-state index in [0.29, 0.717) is 63.1 Å². The molecular formula is C26H22ClN5O4. The second-order valence-electron chi connectivity index (χ2n) is 7.92. The average molecular weight is 504 g/mol. The summed E-state index contributed by atoms with van der Waals surface area (Å²) >= 11 is 6.16. The van der Waals surface area contributed by atoms with E-state index in [9.17, 15) is 14.9 Å². The highest BCUT2D eigenvalue weighted by Gasteiger charge is 2.18. The molecule has 2 aromatic carbocycles. The number of ether oxygens (including phenoxy) is 1. The number of halogens is 1. The van der Waals surface area contributed by atoms with Crippen molar-refractivity contribution in [3.05, 3.63) is 75.5 Å². The van der Waals surface area contributed by atoms with Gasteiger partial charge in [0, 0.05) is 41.1 Å². The molecule has 9 nitrogen and oxygen atoms in total. The number of hydrogen-bond donors (Lipinski definition) is 1. The van der Waals surface area contributed by atoms with E-state index in [1.165, 1.54) is 23.9 Å². The summed E-state index contributed by atoms with van der Waals surface area (Å²) in [5.41, 5.74) is 2.18. The Labute approximate surface area is 211 Å². The zero-order chi connectivity index (χ0) is 25.8. The molecule has 0 fully saturated rings. The number of aryl methyl sites for hydroxylation is 1. The molecule has 2 aromatic heterocycles. The number of nitriles is 1. The van der Waals surface area contributed by atoms with Gasteiger partial charge >= 0.3 is 0 Å². The minimum atomic E-state index is -0.417. The Balaban J connectivity index is 1.92. The van der Waals surface area contributed by atoms with Crippen LogP contribution in [0.2, 0.25) is 5.02 Å². The second kappa shape index (κ2) is 10.5. The van der Waals surface area contributed by atoms with Crippen LogP contribution in [-0.4, -0.2) is 27.8 Å². The lowest BCUT2D eigenvalue weighted by molar-refractivity contribution is -0.116. The summed E-state index contributed by atoms with van der Waals surface area (Å²) in [6.07, 6.45) is 2.50. The van der Waals surface area contributed by atoms with Crippen molar-refractivity contribution in [3.8, 4) is 40.1 Å². The van der Waals surface area contributed by atoms with Crippen LogP contribution in [0.15, 0.2) is 57.9 Å². The van der Waals surface area contributed by atoms with E-state index in [2.05, 4.69) is 21.6 Å². The SMILES string of the molecule is CCCC(=O)Nc1ccc(-c2nnc(C)o2)cc1-n1cc(OC)c(-c2cc(Cl)ccc2C#N)cc1=O. The van der Waals surface area contributed by atoms with Gasteiger partial charge in [0.05, 0.1) is 36.3 Å². The highest BCUT2D eigenvalue weighted by molar-refractivity contribution is 6.31. The number of anilines is 1. The lowest BCUT2D eigenvalue weighted by Crippen LogP contribution is -2.20. The molecule has 4 rings (SSSR count). The maximum absolute atomic E-state index is 13.4. The number of rotatable bonds is 7. The molecule has 0 spiro atoms. The fraction of sp³-hybridized carbons (Fsp3) is 0.192. The molecule has 1 amide bonds. The average Bonchev–Trinajstić information content (AvgIpc) is 3.30. The van der Waals surface area contributed by atoms with E-state index in [1.54, 1.807) is 43.3 Å². The minimum Gasteiger partial charge on any atom is -0.495 e. The van der Waals surface area contributed by atoms with E-state index in [-0.39, 0.29) is 11.8 Å². The van der Waals surface area contributed by atoms with Crippen molar-refractivity contribution < 1.29 is 13.9 Å². The van der Waals surface area contributed by atoms with Gasteiger partial charge in [0.15, 0.2) is 0 Å². The van der Waals surface area contributed by atoms with Crippen LogP contribution in [0, 0.1) is 18.3 Å². The van der Waals surface area contributed by atoms with E-state index in [1.807, 2.05) is 6.92 Å². The summed E-state index contributed by atoms with van der Waals surface area (Å²) in [4.78, 5) is 25.8. The highest BCUT2D eigenvalue weighted by atomic mass is 35.5. The molecule has 1 N–H and O–H groups in total. The lowest BCUT2D eigenvalue weighted by Gasteiger charge is -2.17. The molecule has 0 aliphatic rings. The largest absolute Gasteiger partial charge is 0.495 e. The molecule has 0 aliphatic carbocycles. The first-order chi connectivity index (χ1) is 17.3. The number of nitrogens with one attached hydrogen (secondary N) is 1. The van der Waals surface area contributed by atoms with Crippen LogP contribution in [0.1, 0.15) is 31.2 Å². The molecule has 0 unspecified atom stereocenters. The quantitative estimate of drug-likeness (QED) is 0.370. The van der Waals surface area contributed by atoms with Crippen LogP contribution in [0.4, 0.5) is 5.69 Å². The molecule has 36 heavy (non-hydrogen) atoms. The fourth-order valence-corrected chi connectivity index (χ4v) is 3.91. The maximum Gasteiger partial charge on any atom is 0.256 e. The van der Waals surface area contributed by atoms with Gasteiger partial charge in [-0.3, -0.25) is 14.2 Å². The minimum absolute atomic E-state index is 0.186. The molecule has 2 heterocycles. The van der Waals surface area contributed by atoms with Crippen molar-refractivity contribution in [2.24, 2.45) is 0 Å². The standard InChI is InChI=1S/C26H22ClN5O4/c1-4-5-24(33)29-21-9-7-16(26-31-30-15(2)36-26)10-22(21)32-14-23(35-3)20(12-25(32)34)19-11-18(27)8-6-17(19)13-28/h6-12,14H,4-5H2,1-3H3,(H,29,33). The molecule has 0 saturated carbocycles. The molecule has 0 saturated heterocycles. The van der Waals surface area contributed by atoms with Gasteiger partial charge in [-0.2, -0.15) is 5.26 Å². The van der Waals surface area contributed by atoms with Crippen molar-refractivity contribution >= 4 is 23.2 Å². The van der Waals surface area contributed by atoms with Gasteiger partial charge in [-0.1, -0.05) is 18.5 Å².